The SMILES string of the molecule is Nc1cc(F)ccc1NC(=O)CCn1cnc2c(cnn2-c2ccccc2)c1=O. The first-order chi connectivity index (χ1) is 14.0. The number of aromatic nitrogens is 4. The topological polar surface area (TPSA) is 108 Å². The van der Waals surface area contributed by atoms with Crippen LogP contribution < -0.4 is 16.6 Å². The molecule has 0 fully saturated rings. The molecule has 0 aliphatic heterocycles. The molecule has 0 aliphatic rings. The van der Waals surface area contributed by atoms with Crippen LogP contribution in [0.4, 0.5) is 15.8 Å². The van der Waals surface area contributed by atoms with Gasteiger partial charge in [-0.3, -0.25) is 14.2 Å². The number of rotatable bonds is 5. The summed E-state index contributed by atoms with van der Waals surface area (Å²) in [7, 11) is 0. The maximum absolute atomic E-state index is 13.1. The molecule has 1 amide bonds. The zero-order valence-corrected chi connectivity index (χ0v) is 15.2. The van der Waals surface area contributed by atoms with Gasteiger partial charge in [-0.05, 0) is 30.3 Å². The summed E-state index contributed by atoms with van der Waals surface area (Å²) in [5.74, 6) is -0.835. The fraction of sp³-hybridized carbons (Fsp3) is 0.100. The van der Waals surface area contributed by atoms with Crippen LogP contribution in [0.3, 0.4) is 0 Å². The highest BCUT2D eigenvalue weighted by Crippen LogP contribution is 2.19. The third-order valence-corrected chi connectivity index (χ3v) is 4.42. The van der Waals surface area contributed by atoms with E-state index >= 15 is 0 Å². The number of para-hydroxylation sites is 1. The van der Waals surface area contributed by atoms with E-state index in [4.69, 9.17) is 5.73 Å². The number of fused-ring (bicyclic) bond motifs is 1. The first-order valence-electron chi connectivity index (χ1n) is 8.86. The van der Waals surface area contributed by atoms with E-state index in [1.807, 2.05) is 30.3 Å². The summed E-state index contributed by atoms with van der Waals surface area (Å²) in [5.41, 5.74) is 7.09. The van der Waals surface area contributed by atoms with Crippen LogP contribution in [0.15, 0.2) is 65.8 Å². The third-order valence-electron chi connectivity index (χ3n) is 4.42. The molecule has 146 valence electrons. The molecule has 2 heterocycles. The Bertz CT molecular complexity index is 1250. The van der Waals surface area contributed by atoms with Crippen LogP contribution in [0, 0.1) is 5.82 Å². The summed E-state index contributed by atoms with van der Waals surface area (Å²) in [6, 6.07) is 13.1. The van der Waals surface area contributed by atoms with Crippen LogP contribution in [0.2, 0.25) is 0 Å². The minimum atomic E-state index is -0.484. The molecule has 4 aromatic rings. The van der Waals surface area contributed by atoms with Crippen LogP contribution in [0.25, 0.3) is 16.7 Å². The number of carbonyl (C=O) groups is 1. The molecule has 29 heavy (non-hydrogen) atoms. The average Bonchev–Trinajstić information content (AvgIpc) is 3.15. The van der Waals surface area contributed by atoms with E-state index in [1.165, 1.54) is 29.2 Å². The van der Waals surface area contributed by atoms with Crippen LogP contribution in [0.5, 0.6) is 0 Å². The second kappa shape index (κ2) is 7.55. The van der Waals surface area contributed by atoms with Gasteiger partial charge in [0.05, 0.1) is 29.6 Å². The molecule has 8 nitrogen and oxygen atoms in total. The Morgan fingerprint density at radius 2 is 1.97 bits per heavy atom. The number of hydrogen-bond acceptors (Lipinski definition) is 5. The number of carbonyl (C=O) groups excluding carboxylic acids is 1. The molecule has 2 aromatic heterocycles. The van der Waals surface area contributed by atoms with Gasteiger partial charge in [-0.2, -0.15) is 5.10 Å². The van der Waals surface area contributed by atoms with Crippen molar-refractivity contribution in [2.24, 2.45) is 0 Å². The van der Waals surface area contributed by atoms with Gasteiger partial charge in [0.25, 0.3) is 5.56 Å². The average molecular weight is 392 g/mol. The van der Waals surface area contributed by atoms with Gasteiger partial charge in [-0.15, -0.1) is 0 Å². The highest BCUT2D eigenvalue weighted by molar-refractivity contribution is 5.93. The predicted molar refractivity (Wildman–Crippen MR) is 107 cm³/mol. The van der Waals surface area contributed by atoms with Crippen molar-refractivity contribution < 1.29 is 9.18 Å². The van der Waals surface area contributed by atoms with E-state index in [0.29, 0.717) is 16.7 Å². The molecule has 0 saturated carbocycles. The summed E-state index contributed by atoms with van der Waals surface area (Å²) < 4.78 is 16.0. The number of anilines is 2. The molecule has 0 bridgehead atoms. The number of nitrogens with one attached hydrogen (secondary N) is 1. The molecule has 0 saturated heterocycles. The van der Waals surface area contributed by atoms with Gasteiger partial charge in [0, 0.05) is 13.0 Å². The Kier molecular flexibility index (Phi) is 4.78. The fourth-order valence-corrected chi connectivity index (χ4v) is 2.95. The first-order valence-corrected chi connectivity index (χ1v) is 8.86. The molecule has 0 radical (unpaired) electrons. The quantitative estimate of drug-likeness (QED) is 0.507. The molecule has 0 atom stereocenters. The number of amides is 1. The van der Waals surface area contributed by atoms with Gasteiger partial charge in [-0.1, -0.05) is 18.2 Å². The molecule has 0 spiro atoms. The summed E-state index contributed by atoms with van der Waals surface area (Å²) in [4.78, 5) is 29.2. The van der Waals surface area contributed by atoms with Gasteiger partial charge >= 0.3 is 0 Å². The van der Waals surface area contributed by atoms with E-state index in [0.717, 1.165) is 11.8 Å². The minimum Gasteiger partial charge on any atom is -0.397 e. The maximum Gasteiger partial charge on any atom is 0.264 e. The number of benzene rings is 2. The van der Waals surface area contributed by atoms with Gasteiger partial charge in [0.2, 0.25) is 5.91 Å². The highest BCUT2D eigenvalue weighted by atomic mass is 19.1. The number of nitrogens with zero attached hydrogens (tertiary/aromatic N) is 4. The fourth-order valence-electron chi connectivity index (χ4n) is 2.95. The standard InChI is InChI=1S/C20H17FN6O2/c21-13-6-7-17(16(22)10-13)25-18(28)8-9-26-12-23-19-15(20(26)29)11-24-27(19)14-4-2-1-3-5-14/h1-7,10-12H,8-9,22H2,(H,25,28). The molecule has 4 rings (SSSR count). The van der Waals surface area contributed by atoms with Crippen molar-refractivity contribution in [3.63, 3.8) is 0 Å². The van der Waals surface area contributed by atoms with Gasteiger partial charge in [0.15, 0.2) is 5.65 Å². The van der Waals surface area contributed by atoms with E-state index in [9.17, 15) is 14.0 Å². The van der Waals surface area contributed by atoms with Gasteiger partial charge < -0.3 is 11.1 Å². The molecule has 2 aromatic carbocycles. The minimum absolute atomic E-state index is 0.0245. The van der Waals surface area contributed by atoms with Crippen molar-refractivity contribution in [2.45, 2.75) is 13.0 Å². The second-order valence-electron chi connectivity index (χ2n) is 6.40. The lowest BCUT2D eigenvalue weighted by molar-refractivity contribution is -0.116. The summed E-state index contributed by atoms with van der Waals surface area (Å²) in [6.07, 6.45) is 2.88. The van der Waals surface area contributed by atoms with Crippen LogP contribution >= 0.6 is 0 Å². The predicted octanol–water partition coefficient (Wildman–Crippen LogP) is 2.33. The maximum atomic E-state index is 13.1. The molecule has 0 aliphatic carbocycles. The first kappa shape index (κ1) is 18.4. The summed E-state index contributed by atoms with van der Waals surface area (Å²) in [5, 5.41) is 7.22. The zero-order valence-electron chi connectivity index (χ0n) is 15.2. The van der Waals surface area contributed by atoms with Crippen molar-refractivity contribution in [3.05, 3.63) is 77.2 Å². The number of aryl methyl sites for hydroxylation is 1. The van der Waals surface area contributed by atoms with Crippen molar-refractivity contribution in [1.29, 1.82) is 0 Å². The number of halogens is 1. The van der Waals surface area contributed by atoms with Crippen LogP contribution in [-0.4, -0.2) is 25.2 Å². The van der Waals surface area contributed by atoms with E-state index in [1.54, 1.807) is 4.68 Å². The second-order valence-corrected chi connectivity index (χ2v) is 6.40. The van der Waals surface area contributed by atoms with Gasteiger partial charge in [-0.25, -0.2) is 14.1 Å². The molecule has 9 heteroatoms. The Morgan fingerprint density at radius 1 is 1.17 bits per heavy atom. The van der Waals surface area contributed by atoms with Crippen molar-refractivity contribution >= 4 is 28.3 Å². The lowest BCUT2D eigenvalue weighted by Crippen LogP contribution is -2.23. The molecule has 0 unspecified atom stereocenters. The van der Waals surface area contributed by atoms with E-state index in [2.05, 4.69) is 15.4 Å². The normalized spacial score (nSPS) is 10.9. The van der Waals surface area contributed by atoms with Crippen molar-refractivity contribution in [2.75, 3.05) is 11.1 Å². The van der Waals surface area contributed by atoms with E-state index in [-0.39, 0.29) is 30.1 Å². The van der Waals surface area contributed by atoms with Crippen LogP contribution in [-0.2, 0) is 11.3 Å². The Balaban J connectivity index is 1.51. The highest BCUT2D eigenvalue weighted by Gasteiger charge is 2.12. The van der Waals surface area contributed by atoms with Gasteiger partial charge in [0.1, 0.15) is 11.2 Å². The lowest BCUT2D eigenvalue weighted by Gasteiger charge is -2.09. The van der Waals surface area contributed by atoms with Crippen molar-refractivity contribution in [3.8, 4) is 5.69 Å². The third kappa shape index (κ3) is 3.70. The number of nitrogen functional groups attached to an aromatic ring is 1. The summed E-state index contributed by atoms with van der Waals surface area (Å²) in [6.45, 7) is 0.130. The molecular formula is C20H17FN6O2. The van der Waals surface area contributed by atoms with Crippen molar-refractivity contribution in [1.82, 2.24) is 19.3 Å². The zero-order chi connectivity index (χ0) is 20.4. The molecular weight excluding hydrogens is 375 g/mol. The Labute approximate surface area is 164 Å². The number of hydrogen-bond donors (Lipinski definition) is 2. The monoisotopic (exact) mass is 392 g/mol. The largest absolute Gasteiger partial charge is 0.397 e. The van der Waals surface area contributed by atoms with Crippen LogP contribution in [0.1, 0.15) is 6.42 Å². The smallest absolute Gasteiger partial charge is 0.264 e. The Morgan fingerprint density at radius 3 is 2.72 bits per heavy atom. The molecule has 3 N–H and O–H groups in total. The summed E-state index contributed by atoms with van der Waals surface area (Å²) >= 11 is 0. The van der Waals surface area contributed by atoms with E-state index < -0.39 is 5.82 Å². The Hall–Kier alpha value is -4.01. The number of nitrogens with two attached hydrogens (primary N) is 1. The lowest BCUT2D eigenvalue weighted by atomic mass is 10.2.